The second kappa shape index (κ2) is 8.97. The number of para-hydroxylation sites is 3. The molecule has 0 unspecified atom stereocenters. The van der Waals surface area contributed by atoms with Gasteiger partial charge >= 0.3 is 0 Å². The Bertz CT molecular complexity index is 1200. The molecule has 0 atom stereocenters. The van der Waals surface area contributed by atoms with Crippen molar-refractivity contribution in [3.05, 3.63) is 65.9 Å². The molecule has 3 N–H and O–H groups in total. The van der Waals surface area contributed by atoms with Crippen LogP contribution >= 0.6 is 0 Å². The molecule has 1 amide bonds. The maximum Gasteiger partial charge on any atom is 0.277 e. The number of benzene rings is 2. The minimum Gasteiger partial charge on any atom is -0.506 e. The van der Waals surface area contributed by atoms with E-state index >= 15 is 0 Å². The average Bonchev–Trinajstić information content (AvgIpc) is 3.17. The maximum absolute atomic E-state index is 13.6. The summed E-state index contributed by atoms with van der Waals surface area (Å²) >= 11 is 0. The number of rotatable bonds is 6. The zero-order valence-corrected chi connectivity index (χ0v) is 20.5. The smallest absolute Gasteiger partial charge is 0.277 e. The van der Waals surface area contributed by atoms with Crippen LogP contribution in [-0.2, 0) is 6.42 Å². The van der Waals surface area contributed by atoms with Crippen molar-refractivity contribution in [2.75, 3.05) is 22.1 Å². The van der Waals surface area contributed by atoms with Crippen LogP contribution in [-0.4, -0.2) is 33.1 Å². The SMILES string of the molecule is CC(C)(C)CC(C)(C)Nc1cc(C(=O)N2CCc3ccccc32)nc(Nc2ccccc2O)n1. The topological polar surface area (TPSA) is 90.4 Å². The molecular weight excluding hydrogens is 426 g/mol. The van der Waals surface area contributed by atoms with Gasteiger partial charge in [0.2, 0.25) is 5.95 Å². The van der Waals surface area contributed by atoms with E-state index in [0.717, 1.165) is 24.1 Å². The summed E-state index contributed by atoms with van der Waals surface area (Å²) in [5.41, 5.74) is 2.68. The van der Waals surface area contributed by atoms with Crippen LogP contribution in [0.3, 0.4) is 0 Å². The third-order valence-corrected chi connectivity index (χ3v) is 5.67. The van der Waals surface area contributed by atoms with Crippen molar-refractivity contribution in [3.8, 4) is 5.75 Å². The van der Waals surface area contributed by atoms with Crippen LogP contribution in [0, 0.1) is 5.41 Å². The molecule has 2 aromatic carbocycles. The molecule has 34 heavy (non-hydrogen) atoms. The summed E-state index contributed by atoms with van der Waals surface area (Å²) in [7, 11) is 0. The Morgan fingerprint density at radius 3 is 2.47 bits per heavy atom. The van der Waals surface area contributed by atoms with E-state index in [9.17, 15) is 9.90 Å². The summed E-state index contributed by atoms with van der Waals surface area (Å²) in [5, 5.41) is 16.8. The molecule has 0 bridgehead atoms. The van der Waals surface area contributed by atoms with Crippen molar-refractivity contribution in [1.82, 2.24) is 9.97 Å². The van der Waals surface area contributed by atoms with E-state index in [1.54, 1.807) is 29.2 Å². The maximum atomic E-state index is 13.6. The third kappa shape index (κ3) is 5.47. The first kappa shape index (κ1) is 23.5. The van der Waals surface area contributed by atoms with Crippen molar-refractivity contribution in [2.45, 2.75) is 53.0 Å². The van der Waals surface area contributed by atoms with Gasteiger partial charge in [-0.2, -0.15) is 4.98 Å². The standard InChI is InChI=1S/C27H33N5O2/c1-26(2,3)17-27(4,5)31-23-16-20(24(34)32-15-14-18-10-6-8-12-21(18)32)29-25(30-23)28-19-11-7-9-13-22(19)33/h6-13,16,33H,14-15,17H2,1-5H3,(H2,28,29,30,31). The highest BCUT2D eigenvalue weighted by atomic mass is 16.3. The van der Waals surface area contributed by atoms with E-state index in [2.05, 4.69) is 61.3 Å². The molecule has 4 rings (SSSR count). The fourth-order valence-electron chi connectivity index (χ4n) is 4.78. The molecule has 7 nitrogen and oxygen atoms in total. The zero-order valence-electron chi connectivity index (χ0n) is 20.5. The molecule has 3 aromatic rings. The van der Waals surface area contributed by atoms with Crippen molar-refractivity contribution in [3.63, 3.8) is 0 Å². The number of carbonyl (C=O) groups excluding carboxylic acids is 1. The number of phenols is 1. The van der Waals surface area contributed by atoms with Gasteiger partial charge in [0, 0.05) is 23.8 Å². The van der Waals surface area contributed by atoms with Crippen molar-refractivity contribution in [2.24, 2.45) is 5.41 Å². The molecule has 7 heteroatoms. The van der Waals surface area contributed by atoms with Gasteiger partial charge in [-0.25, -0.2) is 4.98 Å². The van der Waals surface area contributed by atoms with E-state index in [4.69, 9.17) is 0 Å². The van der Waals surface area contributed by atoms with Crippen molar-refractivity contribution >= 4 is 29.0 Å². The first-order valence-electron chi connectivity index (χ1n) is 11.6. The highest BCUT2D eigenvalue weighted by Crippen LogP contribution is 2.32. The lowest BCUT2D eigenvalue weighted by molar-refractivity contribution is 0.0984. The van der Waals surface area contributed by atoms with Gasteiger partial charge in [-0.3, -0.25) is 4.79 Å². The van der Waals surface area contributed by atoms with Gasteiger partial charge < -0.3 is 20.6 Å². The lowest BCUT2D eigenvalue weighted by Gasteiger charge is -2.34. The Labute approximate surface area is 201 Å². The molecule has 0 saturated heterocycles. The summed E-state index contributed by atoms with van der Waals surface area (Å²) in [6, 6.07) is 16.5. The molecule has 0 spiro atoms. The van der Waals surface area contributed by atoms with Crippen molar-refractivity contribution < 1.29 is 9.90 Å². The number of amides is 1. The Balaban J connectivity index is 1.70. The number of aromatic hydroxyl groups is 1. The van der Waals surface area contributed by atoms with E-state index in [0.29, 0.717) is 23.7 Å². The van der Waals surface area contributed by atoms with E-state index in [1.807, 2.05) is 24.3 Å². The van der Waals surface area contributed by atoms with E-state index < -0.39 is 0 Å². The normalized spacial score (nSPS) is 13.5. The second-order valence-electron chi connectivity index (χ2n) is 10.7. The molecular formula is C27H33N5O2. The third-order valence-electron chi connectivity index (χ3n) is 5.67. The van der Waals surface area contributed by atoms with Crippen LogP contribution in [0.4, 0.5) is 23.1 Å². The molecule has 0 fully saturated rings. The van der Waals surface area contributed by atoms with Gasteiger partial charge in [0.1, 0.15) is 17.3 Å². The number of nitrogens with zero attached hydrogens (tertiary/aromatic N) is 3. The quantitative estimate of drug-likeness (QED) is 0.406. The number of nitrogens with one attached hydrogen (secondary N) is 2. The van der Waals surface area contributed by atoms with Gasteiger partial charge in [-0.15, -0.1) is 0 Å². The molecule has 1 aromatic heterocycles. The number of aromatic nitrogens is 2. The van der Waals surface area contributed by atoms with E-state index in [-0.39, 0.29) is 28.6 Å². The second-order valence-corrected chi connectivity index (χ2v) is 10.7. The monoisotopic (exact) mass is 459 g/mol. The molecule has 1 aliphatic heterocycles. The molecule has 2 heterocycles. The fourth-order valence-corrected chi connectivity index (χ4v) is 4.78. The molecule has 0 saturated carbocycles. The Kier molecular flexibility index (Phi) is 6.21. The number of fused-ring (bicyclic) bond motifs is 1. The van der Waals surface area contributed by atoms with Gasteiger partial charge in [0.05, 0.1) is 5.69 Å². The number of carbonyl (C=O) groups is 1. The number of hydrogen-bond acceptors (Lipinski definition) is 6. The Hall–Kier alpha value is -3.61. The number of hydrogen-bond donors (Lipinski definition) is 3. The lowest BCUT2D eigenvalue weighted by atomic mass is 9.82. The van der Waals surface area contributed by atoms with Crippen LogP contribution in [0.25, 0.3) is 0 Å². The predicted octanol–water partition coefficient (Wildman–Crippen LogP) is 5.76. The van der Waals surface area contributed by atoms with Crippen LogP contribution in [0.2, 0.25) is 0 Å². The van der Waals surface area contributed by atoms with Gasteiger partial charge in [-0.05, 0) is 55.9 Å². The van der Waals surface area contributed by atoms with Crippen LogP contribution in [0.15, 0.2) is 54.6 Å². The highest BCUT2D eigenvalue weighted by molar-refractivity contribution is 6.06. The minimum atomic E-state index is -0.265. The number of anilines is 4. The first-order chi connectivity index (χ1) is 16.0. The molecule has 178 valence electrons. The fraction of sp³-hybridized carbons (Fsp3) is 0.370. The molecule has 1 aliphatic rings. The summed E-state index contributed by atoms with van der Waals surface area (Å²) < 4.78 is 0. The summed E-state index contributed by atoms with van der Waals surface area (Å²) in [6.45, 7) is 11.4. The molecule has 0 aliphatic carbocycles. The van der Waals surface area contributed by atoms with Gasteiger partial charge in [-0.1, -0.05) is 51.1 Å². The van der Waals surface area contributed by atoms with E-state index in [1.165, 1.54) is 0 Å². The minimum absolute atomic E-state index is 0.0823. The van der Waals surface area contributed by atoms with Crippen LogP contribution in [0.5, 0.6) is 5.75 Å². The number of phenolic OH excluding ortho intramolecular Hbond substituents is 1. The largest absolute Gasteiger partial charge is 0.506 e. The van der Waals surface area contributed by atoms with Gasteiger partial charge in [0.25, 0.3) is 5.91 Å². The Morgan fingerprint density at radius 2 is 1.74 bits per heavy atom. The lowest BCUT2D eigenvalue weighted by Crippen LogP contribution is -2.36. The Morgan fingerprint density at radius 1 is 1.03 bits per heavy atom. The zero-order chi connectivity index (χ0) is 24.5. The van der Waals surface area contributed by atoms with Gasteiger partial charge in [0.15, 0.2) is 0 Å². The first-order valence-corrected chi connectivity index (χ1v) is 11.6. The summed E-state index contributed by atoms with van der Waals surface area (Å²) in [5.74, 6) is 0.704. The van der Waals surface area contributed by atoms with Crippen LogP contribution < -0.4 is 15.5 Å². The predicted molar refractivity (Wildman–Crippen MR) is 137 cm³/mol. The summed E-state index contributed by atoms with van der Waals surface area (Å²) in [6.07, 6.45) is 1.72. The summed E-state index contributed by atoms with van der Waals surface area (Å²) in [4.78, 5) is 24.5. The molecule has 0 radical (unpaired) electrons. The van der Waals surface area contributed by atoms with Crippen LogP contribution in [0.1, 0.15) is 57.1 Å². The average molecular weight is 460 g/mol. The highest BCUT2D eigenvalue weighted by Gasteiger charge is 2.29. The van der Waals surface area contributed by atoms with Crippen molar-refractivity contribution in [1.29, 1.82) is 0 Å².